The second-order valence-electron chi connectivity index (χ2n) is 6.80. The third-order valence-corrected chi connectivity index (χ3v) is 5.82. The number of nitrogens with one attached hydrogen (secondary N) is 2. The van der Waals surface area contributed by atoms with E-state index in [-0.39, 0.29) is 30.1 Å². The molecule has 164 valence electrons. The molecule has 0 unspecified atom stereocenters. The zero-order valence-electron chi connectivity index (χ0n) is 16.9. The number of carbonyl (C=O) groups is 3. The molecule has 0 saturated carbocycles. The molecule has 2 aromatic rings. The highest BCUT2D eigenvalue weighted by molar-refractivity contribution is 8.26. The van der Waals surface area contributed by atoms with Gasteiger partial charge in [0.2, 0.25) is 5.91 Å². The lowest BCUT2D eigenvalue weighted by Gasteiger charge is -2.14. The van der Waals surface area contributed by atoms with Crippen molar-refractivity contribution in [2.75, 3.05) is 6.54 Å². The van der Waals surface area contributed by atoms with Crippen molar-refractivity contribution in [2.24, 2.45) is 0 Å². The van der Waals surface area contributed by atoms with E-state index in [9.17, 15) is 24.5 Å². The minimum Gasteiger partial charge on any atom is -0.292 e. The van der Waals surface area contributed by atoms with E-state index in [0.717, 1.165) is 29.0 Å². The van der Waals surface area contributed by atoms with E-state index >= 15 is 0 Å². The van der Waals surface area contributed by atoms with Crippen LogP contribution in [0.2, 0.25) is 0 Å². The lowest BCUT2D eigenvalue weighted by molar-refractivity contribution is -0.384. The van der Waals surface area contributed by atoms with Crippen molar-refractivity contribution >= 4 is 57.8 Å². The van der Waals surface area contributed by atoms with Gasteiger partial charge in [0.05, 0.1) is 9.83 Å². The summed E-state index contributed by atoms with van der Waals surface area (Å²) >= 11 is 6.42. The van der Waals surface area contributed by atoms with Crippen molar-refractivity contribution in [3.05, 3.63) is 80.2 Å². The van der Waals surface area contributed by atoms with Gasteiger partial charge in [-0.15, -0.1) is 0 Å². The van der Waals surface area contributed by atoms with Crippen LogP contribution in [0.4, 0.5) is 5.69 Å². The van der Waals surface area contributed by atoms with Crippen LogP contribution in [0.15, 0.2) is 53.4 Å². The number of hydrazine groups is 1. The fraction of sp³-hybridized carbons (Fsp3) is 0.143. The summed E-state index contributed by atoms with van der Waals surface area (Å²) in [6, 6.07) is 12.8. The first-order valence-electron chi connectivity index (χ1n) is 9.40. The molecule has 1 heterocycles. The number of nitro benzene ring substituents is 1. The maximum atomic E-state index is 12.6. The number of hydrogen-bond donors (Lipinski definition) is 2. The first-order chi connectivity index (χ1) is 15.2. The van der Waals surface area contributed by atoms with E-state index in [1.165, 1.54) is 23.1 Å². The second kappa shape index (κ2) is 10.2. The molecule has 0 aromatic heterocycles. The quantitative estimate of drug-likeness (QED) is 0.288. The summed E-state index contributed by atoms with van der Waals surface area (Å²) in [4.78, 5) is 48.8. The van der Waals surface area contributed by atoms with Crippen molar-refractivity contribution in [2.45, 2.75) is 13.3 Å². The predicted molar refractivity (Wildman–Crippen MR) is 124 cm³/mol. The van der Waals surface area contributed by atoms with Crippen LogP contribution in [0.3, 0.4) is 0 Å². The molecule has 3 amide bonds. The Morgan fingerprint density at radius 3 is 2.59 bits per heavy atom. The summed E-state index contributed by atoms with van der Waals surface area (Å²) in [6.45, 7) is 2.02. The van der Waals surface area contributed by atoms with E-state index in [2.05, 4.69) is 10.9 Å². The summed E-state index contributed by atoms with van der Waals surface area (Å²) < 4.78 is 0.349. The van der Waals surface area contributed by atoms with E-state index < -0.39 is 16.7 Å². The van der Waals surface area contributed by atoms with Gasteiger partial charge in [-0.05, 0) is 24.6 Å². The SMILES string of the molecule is Cc1ccc(C=C2SC(=S)N(CCC(=O)NNC(=O)c3cccc([N+](=O)[O-])c3)C2=O)cc1. The van der Waals surface area contributed by atoms with Crippen molar-refractivity contribution in [3.8, 4) is 0 Å². The maximum absolute atomic E-state index is 12.6. The molecule has 0 spiro atoms. The number of non-ortho nitro benzene ring substituents is 1. The summed E-state index contributed by atoms with van der Waals surface area (Å²) in [5.74, 6) is -1.52. The van der Waals surface area contributed by atoms with Crippen LogP contribution < -0.4 is 10.9 Å². The van der Waals surface area contributed by atoms with Crippen molar-refractivity contribution in [3.63, 3.8) is 0 Å². The minimum absolute atomic E-state index is 0.0256. The molecule has 0 radical (unpaired) electrons. The molecule has 1 fully saturated rings. The van der Waals surface area contributed by atoms with Crippen LogP contribution in [-0.2, 0) is 9.59 Å². The Bertz CT molecular complexity index is 1130. The lowest BCUT2D eigenvalue weighted by Crippen LogP contribution is -2.43. The van der Waals surface area contributed by atoms with Crippen LogP contribution in [0.5, 0.6) is 0 Å². The third kappa shape index (κ3) is 5.77. The minimum atomic E-state index is -0.700. The number of amides is 3. The van der Waals surface area contributed by atoms with Gasteiger partial charge in [0, 0.05) is 30.7 Å². The summed E-state index contributed by atoms with van der Waals surface area (Å²) in [7, 11) is 0. The smallest absolute Gasteiger partial charge is 0.270 e. The summed E-state index contributed by atoms with van der Waals surface area (Å²) in [6.07, 6.45) is 1.65. The molecule has 1 saturated heterocycles. The van der Waals surface area contributed by atoms with Gasteiger partial charge in [0.15, 0.2) is 0 Å². The molecular weight excluding hydrogens is 452 g/mol. The first kappa shape index (κ1) is 23.1. The van der Waals surface area contributed by atoms with Gasteiger partial charge < -0.3 is 0 Å². The Morgan fingerprint density at radius 1 is 1.19 bits per heavy atom. The zero-order chi connectivity index (χ0) is 23.3. The lowest BCUT2D eigenvalue weighted by atomic mass is 10.1. The average Bonchev–Trinajstić information content (AvgIpc) is 3.04. The topological polar surface area (TPSA) is 122 Å². The van der Waals surface area contributed by atoms with Crippen LogP contribution in [0.25, 0.3) is 6.08 Å². The van der Waals surface area contributed by atoms with Crippen LogP contribution >= 0.6 is 24.0 Å². The Morgan fingerprint density at radius 2 is 1.91 bits per heavy atom. The number of nitro groups is 1. The fourth-order valence-corrected chi connectivity index (χ4v) is 4.05. The molecule has 0 aliphatic carbocycles. The number of thioether (sulfide) groups is 1. The number of thiocarbonyl (C=S) groups is 1. The van der Waals surface area contributed by atoms with Crippen LogP contribution in [-0.4, -0.2) is 38.4 Å². The van der Waals surface area contributed by atoms with Crippen molar-refractivity contribution < 1.29 is 19.3 Å². The number of hydrogen-bond acceptors (Lipinski definition) is 7. The maximum Gasteiger partial charge on any atom is 0.270 e. The molecule has 9 nitrogen and oxygen atoms in total. The van der Waals surface area contributed by atoms with E-state index in [1.807, 2.05) is 31.2 Å². The predicted octanol–water partition coefficient (Wildman–Crippen LogP) is 2.96. The molecular formula is C21H18N4O5S2. The van der Waals surface area contributed by atoms with Gasteiger partial charge in [-0.1, -0.05) is 59.9 Å². The number of benzene rings is 2. The molecule has 11 heteroatoms. The van der Waals surface area contributed by atoms with Gasteiger partial charge in [-0.25, -0.2) is 0 Å². The molecule has 1 aliphatic rings. The Labute approximate surface area is 193 Å². The molecule has 2 N–H and O–H groups in total. The zero-order valence-corrected chi connectivity index (χ0v) is 18.5. The summed E-state index contributed by atoms with van der Waals surface area (Å²) in [5.41, 5.74) is 6.19. The highest BCUT2D eigenvalue weighted by Gasteiger charge is 2.32. The Kier molecular flexibility index (Phi) is 7.33. The number of rotatable bonds is 6. The summed E-state index contributed by atoms with van der Waals surface area (Å²) in [5, 5.41) is 10.8. The molecule has 0 bridgehead atoms. The second-order valence-corrected chi connectivity index (χ2v) is 8.48. The fourth-order valence-electron chi connectivity index (χ4n) is 2.74. The van der Waals surface area contributed by atoms with Gasteiger partial charge in [-0.3, -0.25) is 40.2 Å². The number of aryl methyl sites for hydroxylation is 1. The normalized spacial score (nSPS) is 14.5. The largest absolute Gasteiger partial charge is 0.292 e. The molecule has 0 atom stereocenters. The highest BCUT2D eigenvalue weighted by atomic mass is 32.2. The average molecular weight is 471 g/mol. The van der Waals surface area contributed by atoms with Gasteiger partial charge in [0.1, 0.15) is 4.32 Å². The van der Waals surface area contributed by atoms with E-state index in [1.54, 1.807) is 6.08 Å². The first-order valence-corrected chi connectivity index (χ1v) is 10.6. The van der Waals surface area contributed by atoms with Crippen LogP contribution in [0, 0.1) is 17.0 Å². The number of carbonyl (C=O) groups excluding carboxylic acids is 3. The monoisotopic (exact) mass is 470 g/mol. The van der Waals surface area contributed by atoms with Gasteiger partial charge in [0.25, 0.3) is 17.5 Å². The third-order valence-electron chi connectivity index (χ3n) is 4.45. The molecule has 3 rings (SSSR count). The Balaban J connectivity index is 1.52. The standard InChI is InChI=1S/C21H18N4O5S2/c1-13-5-7-14(8-6-13)11-17-20(28)24(21(31)32-17)10-9-18(26)22-23-19(27)15-3-2-4-16(12-15)25(29)30/h2-8,11-12H,9-10H2,1H3,(H,22,26)(H,23,27). The molecule has 2 aromatic carbocycles. The van der Waals surface area contributed by atoms with Crippen molar-refractivity contribution in [1.29, 1.82) is 0 Å². The molecule has 32 heavy (non-hydrogen) atoms. The molecule has 1 aliphatic heterocycles. The van der Waals surface area contributed by atoms with Crippen molar-refractivity contribution in [1.82, 2.24) is 15.8 Å². The van der Waals surface area contributed by atoms with Crippen LogP contribution in [0.1, 0.15) is 27.9 Å². The van der Waals surface area contributed by atoms with Gasteiger partial charge >= 0.3 is 0 Å². The van der Waals surface area contributed by atoms with E-state index in [0.29, 0.717) is 9.23 Å². The Hall–Kier alpha value is -3.57. The van der Waals surface area contributed by atoms with E-state index in [4.69, 9.17) is 12.2 Å². The highest BCUT2D eigenvalue weighted by Crippen LogP contribution is 2.32. The number of nitrogens with zero attached hydrogens (tertiary/aromatic N) is 2. The van der Waals surface area contributed by atoms with Gasteiger partial charge in [-0.2, -0.15) is 0 Å².